The highest BCUT2D eigenvalue weighted by molar-refractivity contribution is 8.00. The van der Waals surface area contributed by atoms with Gasteiger partial charge in [-0.1, -0.05) is 13.3 Å². The first-order valence-corrected chi connectivity index (χ1v) is 10.1. The smallest absolute Gasteiger partial charge is 0.273 e. The summed E-state index contributed by atoms with van der Waals surface area (Å²) in [5, 5.41) is 3.58. The first-order chi connectivity index (χ1) is 10.1. The number of hydrogen-bond acceptors (Lipinski definition) is 5. The average molecular weight is 332 g/mol. The average Bonchev–Trinajstić information content (AvgIpc) is 2.96. The highest BCUT2D eigenvalue weighted by Gasteiger charge is 2.21. The molecule has 2 rings (SSSR count). The van der Waals surface area contributed by atoms with Crippen molar-refractivity contribution in [3.8, 4) is 0 Å². The Morgan fingerprint density at radius 3 is 2.95 bits per heavy atom. The van der Waals surface area contributed by atoms with Crippen molar-refractivity contribution >= 4 is 21.8 Å². The predicted octanol–water partition coefficient (Wildman–Crippen LogP) is 2.34. The largest absolute Gasteiger partial charge is 0.447 e. The molecule has 0 aromatic carbocycles. The van der Waals surface area contributed by atoms with Crippen LogP contribution in [0.15, 0.2) is 21.6 Å². The van der Waals surface area contributed by atoms with Crippen LogP contribution in [-0.4, -0.2) is 32.5 Å². The fraction of sp³-hybridized carbons (Fsp3) is 0.714. The summed E-state index contributed by atoms with van der Waals surface area (Å²) >= 11 is 1.85. The molecule has 0 radical (unpaired) electrons. The van der Waals surface area contributed by atoms with Gasteiger partial charge in [0.15, 0.2) is 0 Å². The lowest BCUT2D eigenvalue weighted by Gasteiger charge is -2.20. The quantitative estimate of drug-likeness (QED) is 0.715. The molecule has 0 amide bonds. The molecule has 7 heteroatoms. The maximum Gasteiger partial charge on any atom is 0.273 e. The number of thioether (sulfide) groups is 1. The van der Waals surface area contributed by atoms with Crippen molar-refractivity contribution in [1.82, 2.24) is 10.0 Å². The molecule has 1 saturated heterocycles. The summed E-state index contributed by atoms with van der Waals surface area (Å²) in [6.07, 6.45) is 4.54. The van der Waals surface area contributed by atoms with Gasteiger partial charge < -0.3 is 9.73 Å². The van der Waals surface area contributed by atoms with Crippen molar-refractivity contribution < 1.29 is 12.8 Å². The number of nitrogens with one attached hydrogen (secondary N) is 2. The van der Waals surface area contributed by atoms with E-state index in [9.17, 15) is 8.42 Å². The zero-order valence-electron chi connectivity index (χ0n) is 12.4. The molecule has 1 unspecified atom stereocenters. The summed E-state index contributed by atoms with van der Waals surface area (Å²) < 4.78 is 32.4. The molecule has 0 aliphatic carbocycles. The summed E-state index contributed by atoms with van der Waals surface area (Å²) in [6, 6.07) is 3.24. The van der Waals surface area contributed by atoms with Crippen molar-refractivity contribution in [2.24, 2.45) is 0 Å². The molecule has 1 atom stereocenters. The van der Waals surface area contributed by atoms with Gasteiger partial charge in [0.2, 0.25) is 5.09 Å². The molecule has 2 N–H and O–H groups in total. The topological polar surface area (TPSA) is 71.3 Å². The maximum atomic E-state index is 12.2. The van der Waals surface area contributed by atoms with Crippen LogP contribution in [0.2, 0.25) is 0 Å². The van der Waals surface area contributed by atoms with Crippen molar-refractivity contribution in [3.63, 3.8) is 0 Å². The Morgan fingerprint density at radius 1 is 1.38 bits per heavy atom. The number of furan rings is 1. The van der Waals surface area contributed by atoms with Crippen LogP contribution in [-0.2, 0) is 16.6 Å². The number of rotatable bonds is 8. The Bertz CT molecular complexity index is 522. The van der Waals surface area contributed by atoms with E-state index >= 15 is 0 Å². The van der Waals surface area contributed by atoms with Crippen LogP contribution in [0, 0.1) is 0 Å². The molecular formula is C14H24N2O3S2. The standard InChI is InChI=1S/C14H24N2O3S2/c1-2-8-15-10-12-6-7-14(19-12)21(17,18)16-11-13-5-3-4-9-20-13/h6-7,13,15-16H,2-5,8-11H2,1H3. The van der Waals surface area contributed by atoms with Gasteiger partial charge in [-0.05, 0) is 43.7 Å². The number of sulfonamides is 1. The molecule has 1 fully saturated rings. The SMILES string of the molecule is CCCNCc1ccc(S(=O)(=O)NCC2CCCCS2)o1. The van der Waals surface area contributed by atoms with Crippen LogP contribution in [0.1, 0.15) is 38.4 Å². The molecule has 1 aromatic rings. The molecule has 21 heavy (non-hydrogen) atoms. The van der Waals surface area contributed by atoms with E-state index in [1.807, 2.05) is 11.8 Å². The highest BCUT2D eigenvalue weighted by atomic mass is 32.2. The lowest BCUT2D eigenvalue weighted by molar-refractivity contribution is 0.400. The van der Waals surface area contributed by atoms with Crippen LogP contribution >= 0.6 is 11.8 Å². The van der Waals surface area contributed by atoms with E-state index in [1.54, 1.807) is 6.07 Å². The third-order valence-corrected chi connectivity index (χ3v) is 6.10. The van der Waals surface area contributed by atoms with Gasteiger partial charge in [-0.3, -0.25) is 0 Å². The monoisotopic (exact) mass is 332 g/mol. The Labute approximate surface area is 131 Å². The van der Waals surface area contributed by atoms with Gasteiger partial charge in [-0.2, -0.15) is 11.8 Å². The molecule has 120 valence electrons. The summed E-state index contributed by atoms with van der Waals surface area (Å²) in [7, 11) is -3.53. The van der Waals surface area contributed by atoms with Gasteiger partial charge in [0, 0.05) is 11.8 Å². The molecular weight excluding hydrogens is 308 g/mol. The molecule has 0 spiro atoms. The van der Waals surface area contributed by atoms with Crippen molar-refractivity contribution in [3.05, 3.63) is 17.9 Å². The first kappa shape index (κ1) is 16.9. The van der Waals surface area contributed by atoms with Crippen LogP contribution in [0.25, 0.3) is 0 Å². The summed E-state index contributed by atoms with van der Waals surface area (Å²) in [5.74, 6) is 1.77. The second-order valence-electron chi connectivity index (χ2n) is 5.24. The zero-order chi connectivity index (χ0) is 15.1. The second kappa shape index (κ2) is 8.22. The van der Waals surface area contributed by atoms with E-state index < -0.39 is 10.0 Å². The van der Waals surface area contributed by atoms with E-state index in [0.717, 1.165) is 25.1 Å². The summed E-state index contributed by atoms with van der Waals surface area (Å²) in [4.78, 5) is 0. The Balaban J connectivity index is 1.86. The van der Waals surface area contributed by atoms with Gasteiger partial charge in [0.1, 0.15) is 5.76 Å². The Morgan fingerprint density at radius 2 is 2.24 bits per heavy atom. The van der Waals surface area contributed by atoms with Gasteiger partial charge in [-0.25, -0.2) is 13.1 Å². The van der Waals surface area contributed by atoms with E-state index in [1.165, 1.54) is 18.9 Å². The Kier molecular flexibility index (Phi) is 6.60. The van der Waals surface area contributed by atoms with Crippen molar-refractivity contribution in [2.75, 3.05) is 18.8 Å². The van der Waals surface area contributed by atoms with E-state index in [-0.39, 0.29) is 5.09 Å². The third-order valence-electron chi connectivity index (χ3n) is 3.40. The fourth-order valence-corrected chi connectivity index (χ4v) is 4.60. The molecule has 0 saturated carbocycles. The van der Waals surface area contributed by atoms with Gasteiger partial charge in [0.25, 0.3) is 10.0 Å². The van der Waals surface area contributed by atoms with Gasteiger partial charge >= 0.3 is 0 Å². The van der Waals surface area contributed by atoms with E-state index in [4.69, 9.17) is 4.42 Å². The highest BCUT2D eigenvalue weighted by Crippen LogP contribution is 2.24. The molecule has 0 bridgehead atoms. The van der Waals surface area contributed by atoms with E-state index in [0.29, 0.717) is 24.1 Å². The minimum absolute atomic E-state index is 0.0107. The minimum Gasteiger partial charge on any atom is -0.447 e. The lowest BCUT2D eigenvalue weighted by Crippen LogP contribution is -2.31. The molecule has 1 aromatic heterocycles. The van der Waals surface area contributed by atoms with Crippen molar-refractivity contribution in [2.45, 2.75) is 49.5 Å². The Hall–Kier alpha value is -0.500. The minimum atomic E-state index is -3.53. The third kappa shape index (κ3) is 5.32. The predicted molar refractivity (Wildman–Crippen MR) is 86.0 cm³/mol. The maximum absolute atomic E-state index is 12.2. The normalized spacial score (nSPS) is 19.8. The zero-order valence-corrected chi connectivity index (χ0v) is 14.1. The van der Waals surface area contributed by atoms with Crippen molar-refractivity contribution in [1.29, 1.82) is 0 Å². The van der Waals surface area contributed by atoms with Crippen LogP contribution in [0.3, 0.4) is 0 Å². The van der Waals surface area contributed by atoms with E-state index in [2.05, 4.69) is 17.0 Å². The molecule has 2 heterocycles. The lowest BCUT2D eigenvalue weighted by atomic mass is 10.2. The van der Waals surface area contributed by atoms with Crippen LogP contribution in [0.5, 0.6) is 0 Å². The summed E-state index contributed by atoms with van der Waals surface area (Å²) in [5.41, 5.74) is 0. The molecule has 1 aliphatic rings. The first-order valence-electron chi connectivity index (χ1n) is 7.52. The summed E-state index contributed by atoms with van der Waals surface area (Å²) in [6.45, 7) is 4.01. The van der Waals surface area contributed by atoms with Gasteiger partial charge in [0.05, 0.1) is 6.54 Å². The fourth-order valence-electron chi connectivity index (χ4n) is 2.23. The molecule has 5 nitrogen and oxygen atoms in total. The van der Waals surface area contributed by atoms with Gasteiger partial charge in [-0.15, -0.1) is 0 Å². The molecule has 1 aliphatic heterocycles. The number of hydrogen-bond donors (Lipinski definition) is 2. The second-order valence-corrected chi connectivity index (χ2v) is 8.34. The van der Waals surface area contributed by atoms with Crippen LogP contribution < -0.4 is 10.0 Å². The van der Waals surface area contributed by atoms with Crippen LogP contribution in [0.4, 0.5) is 0 Å².